The van der Waals surface area contributed by atoms with Gasteiger partial charge in [-0.15, -0.1) is 0 Å². The van der Waals surface area contributed by atoms with E-state index in [0.717, 1.165) is 18.5 Å². The van der Waals surface area contributed by atoms with Crippen molar-refractivity contribution in [2.24, 2.45) is 5.92 Å². The number of nitrogens with zero attached hydrogens (tertiary/aromatic N) is 1. The van der Waals surface area contributed by atoms with Gasteiger partial charge in [-0.05, 0) is 63.2 Å². The minimum atomic E-state index is 0.866. The molecular weight excluding hydrogens is 232 g/mol. The summed E-state index contributed by atoms with van der Waals surface area (Å²) in [4.78, 5) is 2.70. The van der Waals surface area contributed by atoms with Crippen molar-refractivity contribution in [2.45, 2.75) is 45.7 Å². The molecule has 1 saturated carbocycles. The average molecular weight is 258 g/mol. The molecule has 0 aromatic heterocycles. The van der Waals surface area contributed by atoms with Crippen molar-refractivity contribution < 1.29 is 0 Å². The van der Waals surface area contributed by atoms with Crippen LogP contribution in [0.3, 0.4) is 0 Å². The van der Waals surface area contributed by atoms with Crippen molar-refractivity contribution in [3.63, 3.8) is 0 Å². The van der Waals surface area contributed by atoms with E-state index in [9.17, 15) is 0 Å². The van der Waals surface area contributed by atoms with Gasteiger partial charge in [0.15, 0.2) is 0 Å². The lowest BCUT2D eigenvalue weighted by molar-refractivity contribution is 0.312. The third kappa shape index (κ3) is 3.37. The Kier molecular flexibility index (Phi) is 3.90. The Morgan fingerprint density at radius 3 is 2.84 bits per heavy atom. The molecule has 2 heteroatoms. The third-order valence-electron chi connectivity index (χ3n) is 4.63. The van der Waals surface area contributed by atoms with Gasteiger partial charge in [-0.25, -0.2) is 0 Å². The summed E-state index contributed by atoms with van der Waals surface area (Å²) in [5.41, 5.74) is 4.23. The van der Waals surface area contributed by atoms with Crippen LogP contribution in [0.25, 0.3) is 0 Å². The predicted octanol–water partition coefficient (Wildman–Crippen LogP) is 2.88. The molecule has 0 spiro atoms. The van der Waals surface area contributed by atoms with Crippen molar-refractivity contribution in [3.8, 4) is 0 Å². The Balaban J connectivity index is 1.44. The van der Waals surface area contributed by atoms with Gasteiger partial charge < -0.3 is 10.2 Å². The summed E-state index contributed by atoms with van der Waals surface area (Å²) in [5.74, 6) is 0.866. The van der Waals surface area contributed by atoms with Crippen LogP contribution in [0.2, 0.25) is 0 Å². The van der Waals surface area contributed by atoms with Crippen LogP contribution in [0.4, 0.5) is 0 Å². The van der Waals surface area contributed by atoms with Gasteiger partial charge in [0.2, 0.25) is 0 Å². The van der Waals surface area contributed by atoms with Gasteiger partial charge >= 0.3 is 0 Å². The molecule has 2 aliphatic rings. The van der Waals surface area contributed by atoms with Gasteiger partial charge in [0.05, 0.1) is 0 Å². The molecule has 19 heavy (non-hydrogen) atoms. The zero-order valence-electron chi connectivity index (χ0n) is 12.3. The van der Waals surface area contributed by atoms with E-state index in [1.807, 2.05) is 0 Å². The number of nitrogens with one attached hydrogen (secondary N) is 1. The van der Waals surface area contributed by atoms with E-state index in [1.165, 1.54) is 55.6 Å². The first kappa shape index (κ1) is 13.1. The van der Waals surface area contributed by atoms with Crippen LogP contribution < -0.4 is 5.32 Å². The van der Waals surface area contributed by atoms with E-state index in [2.05, 4.69) is 42.3 Å². The molecule has 3 rings (SSSR count). The molecule has 0 amide bonds. The first-order valence-electron chi connectivity index (χ1n) is 7.73. The highest BCUT2D eigenvalue weighted by Crippen LogP contribution is 2.31. The van der Waals surface area contributed by atoms with Gasteiger partial charge in [-0.1, -0.05) is 23.8 Å². The van der Waals surface area contributed by atoms with E-state index in [1.54, 1.807) is 0 Å². The largest absolute Gasteiger partial charge is 0.312 e. The second-order valence-electron chi connectivity index (χ2n) is 6.44. The second kappa shape index (κ2) is 5.64. The van der Waals surface area contributed by atoms with Crippen molar-refractivity contribution in [2.75, 3.05) is 19.6 Å². The molecule has 1 aliphatic carbocycles. The second-order valence-corrected chi connectivity index (χ2v) is 6.44. The molecule has 1 aromatic rings. The van der Waals surface area contributed by atoms with E-state index < -0.39 is 0 Å². The molecule has 1 saturated heterocycles. The Labute approximate surface area is 117 Å². The smallest absolute Gasteiger partial charge is 0.0208 e. The molecular formula is C17H26N2. The molecule has 0 bridgehead atoms. The molecule has 1 aromatic carbocycles. The highest BCUT2D eigenvalue weighted by molar-refractivity contribution is 5.30. The molecule has 104 valence electrons. The lowest BCUT2D eigenvalue weighted by Crippen LogP contribution is -2.27. The quantitative estimate of drug-likeness (QED) is 0.873. The lowest BCUT2D eigenvalue weighted by atomic mass is 10.1. The normalized spacial score (nSPS) is 24.0. The fraction of sp³-hybridized carbons (Fsp3) is 0.647. The number of hydrogen-bond acceptors (Lipinski definition) is 2. The van der Waals surface area contributed by atoms with Gasteiger partial charge in [0, 0.05) is 19.1 Å². The molecule has 2 nitrogen and oxygen atoms in total. The van der Waals surface area contributed by atoms with Crippen LogP contribution in [0, 0.1) is 19.8 Å². The molecule has 0 radical (unpaired) electrons. The third-order valence-corrected chi connectivity index (χ3v) is 4.63. The summed E-state index contributed by atoms with van der Waals surface area (Å²) in [6, 6.07) is 7.69. The Hall–Kier alpha value is -0.860. The number of likely N-dealkylation sites (tertiary alicyclic amines) is 1. The Bertz CT molecular complexity index is 437. The first-order valence-corrected chi connectivity index (χ1v) is 7.73. The van der Waals surface area contributed by atoms with Crippen LogP contribution in [-0.2, 0) is 6.54 Å². The topological polar surface area (TPSA) is 15.3 Å². The van der Waals surface area contributed by atoms with Crippen molar-refractivity contribution >= 4 is 0 Å². The predicted molar refractivity (Wildman–Crippen MR) is 80.3 cm³/mol. The summed E-state index contributed by atoms with van der Waals surface area (Å²) in [6.45, 7) is 9.24. The van der Waals surface area contributed by atoms with E-state index in [0.29, 0.717) is 0 Å². The van der Waals surface area contributed by atoms with E-state index in [4.69, 9.17) is 0 Å². The zero-order chi connectivity index (χ0) is 13.2. The first-order chi connectivity index (χ1) is 9.22. The monoisotopic (exact) mass is 258 g/mol. The van der Waals surface area contributed by atoms with Crippen LogP contribution in [0.15, 0.2) is 18.2 Å². The number of hydrogen-bond donors (Lipinski definition) is 1. The number of aryl methyl sites for hydroxylation is 2. The van der Waals surface area contributed by atoms with Crippen molar-refractivity contribution in [1.29, 1.82) is 0 Å². The maximum atomic E-state index is 3.66. The Morgan fingerprint density at radius 2 is 2.05 bits per heavy atom. The number of benzene rings is 1. The van der Waals surface area contributed by atoms with E-state index in [-0.39, 0.29) is 0 Å². The maximum Gasteiger partial charge on any atom is 0.0208 e. The molecule has 1 aliphatic heterocycles. The summed E-state index contributed by atoms with van der Waals surface area (Å²) >= 11 is 0. The van der Waals surface area contributed by atoms with Crippen molar-refractivity contribution in [3.05, 3.63) is 34.9 Å². The molecule has 1 unspecified atom stereocenters. The lowest BCUT2D eigenvalue weighted by Gasteiger charge is -2.15. The van der Waals surface area contributed by atoms with Gasteiger partial charge in [-0.3, -0.25) is 0 Å². The Morgan fingerprint density at radius 1 is 1.21 bits per heavy atom. The number of rotatable bonds is 5. The molecule has 1 heterocycles. The summed E-state index contributed by atoms with van der Waals surface area (Å²) in [7, 11) is 0. The summed E-state index contributed by atoms with van der Waals surface area (Å²) in [6.07, 6.45) is 4.28. The van der Waals surface area contributed by atoms with Crippen LogP contribution in [-0.4, -0.2) is 30.6 Å². The van der Waals surface area contributed by atoms with Crippen LogP contribution >= 0.6 is 0 Å². The van der Waals surface area contributed by atoms with Gasteiger partial charge in [0.1, 0.15) is 0 Å². The summed E-state index contributed by atoms with van der Waals surface area (Å²) < 4.78 is 0. The average Bonchev–Trinajstić information content (AvgIpc) is 3.14. The highest BCUT2D eigenvalue weighted by atomic mass is 15.2. The van der Waals surface area contributed by atoms with Crippen LogP contribution in [0.5, 0.6) is 0 Å². The molecule has 1 atom stereocenters. The summed E-state index contributed by atoms with van der Waals surface area (Å²) in [5, 5.41) is 3.66. The van der Waals surface area contributed by atoms with E-state index >= 15 is 0 Å². The maximum absolute atomic E-state index is 3.66. The molecule has 2 fully saturated rings. The van der Waals surface area contributed by atoms with Crippen molar-refractivity contribution in [1.82, 2.24) is 10.2 Å². The highest BCUT2D eigenvalue weighted by Gasteiger charge is 2.33. The fourth-order valence-electron chi connectivity index (χ4n) is 3.20. The SMILES string of the molecule is Cc1ccc(C)c(CNCC2CCN(C3CC3)C2)c1. The zero-order valence-corrected chi connectivity index (χ0v) is 12.3. The standard InChI is InChI=1S/C17H26N2/c1-13-3-4-14(2)16(9-13)11-18-10-15-7-8-19(12-15)17-5-6-17/h3-4,9,15,17-18H,5-8,10-12H2,1-2H3. The molecule has 1 N–H and O–H groups in total. The minimum Gasteiger partial charge on any atom is -0.312 e. The minimum absolute atomic E-state index is 0.866. The van der Waals surface area contributed by atoms with Gasteiger partial charge in [0.25, 0.3) is 0 Å². The van der Waals surface area contributed by atoms with Gasteiger partial charge in [-0.2, -0.15) is 0 Å². The van der Waals surface area contributed by atoms with Crippen LogP contribution in [0.1, 0.15) is 36.0 Å². The fourth-order valence-corrected chi connectivity index (χ4v) is 3.20.